The second kappa shape index (κ2) is 12.4. The summed E-state index contributed by atoms with van der Waals surface area (Å²) < 4.78 is 31.2. The fourth-order valence-electron chi connectivity index (χ4n) is 4.15. The lowest BCUT2D eigenvalue weighted by molar-refractivity contribution is -0.128. The van der Waals surface area contributed by atoms with E-state index in [-0.39, 0.29) is 24.5 Å². The van der Waals surface area contributed by atoms with E-state index in [2.05, 4.69) is 5.10 Å². The molecule has 4 rings (SSSR count). The summed E-state index contributed by atoms with van der Waals surface area (Å²) in [6, 6.07) is 12.4. The third-order valence-electron chi connectivity index (χ3n) is 6.06. The number of nitrogens with zero attached hydrogens (tertiary/aromatic N) is 4. The van der Waals surface area contributed by atoms with Crippen LogP contribution in [0.2, 0.25) is 5.02 Å². The largest absolute Gasteiger partial charge is 0.491 e. The topological polar surface area (TPSA) is 87.8 Å². The molecule has 0 atom stereocenters. The van der Waals surface area contributed by atoms with Crippen LogP contribution in [0.4, 0.5) is 4.39 Å². The number of carbonyl (C=O) groups is 1. The van der Waals surface area contributed by atoms with E-state index in [4.69, 9.17) is 25.8 Å². The van der Waals surface area contributed by atoms with Crippen LogP contribution in [0.15, 0.2) is 47.3 Å². The molecule has 2 aromatic heterocycles. The van der Waals surface area contributed by atoms with Gasteiger partial charge in [0.2, 0.25) is 5.91 Å². The highest BCUT2D eigenvalue weighted by atomic mass is 35.5. The summed E-state index contributed by atoms with van der Waals surface area (Å²) >= 11 is 6.23. The van der Waals surface area contributed by atoms with Crippen LogP contribution in [0.3, 0.4) is 0 Å². The lowest BCUT2D eigenvalue weighted by Gasteiger charge is -2.13. The van der Waals surface area contributed by atoms with Gasteiger partial charge in [-0.15, -0.1) is 0 Å². The fraction of sp³-hybridized carbons (Fsp3) is 0.370. The van der Waals surface area contributed by atoms with Gasteiger partial charge in [0, 0.05) is 36.9 Å². The summed E-state index contributed by atoms with van der Waals surface area (Å²) in [6.45, 7) is 0.921. The summed E-state index contributed by atoms with van der Waals surface area (Å²) in [5.41, 5.74) is 1.94. The maximum Gasteiger partial charge on any atom is 0.296 e. The summed E-state index contributed by atoms with van der Waals surface area (Å²) in [6.07, 6.45) is 0.0333. The van der Waals surface area contributed by atoms with E-state index in [9.17, 15) is 14.0 Å². The summed E-state index contributed by atoms with van der Waals surface area (Å²) in [5.74, 6) is 0.470. The van der Waals surface area contributed by atoms with Gasteiger partial charge in [0.05, 0.1) is 49.7 Å². The third kappa shape index (κ3) is 5.98. The Morgan fingerprint density at radius 2 is 1.71 bits per heavy atom. The minimum atomic E-state index is -0.513. The number of carbonyl (C=O) groups excluding carboxylic acids is 1. The molecule has 0 spiro atoms. The van der Waals surface area contributed by atoms with Gasteiger partial charge in [-0.3, -0.25) is 9.59 Å². The molecule has 2 heterocycles. The Morgan fingerprint density at radius 3 is 2.39 bits per heavy atom. The van der Waals surface area contributed by atoms with Crippen LogP contribution in [0.25, 0.3) is 27.5 Å². The maximum absolute atomic E-state index is 13.7. The van der Waals surface area contributed by atoms with Gasteiger partial charge < -0.3 is 23.7 Å². The average Bonchev–Trinajstić information content (AvgIpc) is 3.19. The van der Waals surface area contributed by atoms with Crippen LogP contribution in [-0.4, -0.2) is 79.0 Å². The van der Waals surface area contributed by atoms with Crippen molar-refractivity contribution in [3.8, 4) is 11.4 Å². The van der Waals surface area contributed by atoms with Crippen LogP contribution in [0, 0.1) is 0 Å². The lowest BCUT2D eigenvalue weighted by atomic mass is 10.1. The van der Waals surface area contributed by atoms with Gasteiger partial charge in [-0.2, -0.15) is 9.78 Å². The number of rotatable bonds is 12. The van der Waals surface area contributed by atoms with Crippen LogP contribution in [-0.2, 0) is 27.7 Å². The first kappa shape index (κ1) is 27.6. The molecule has 0 N–H and O–H groups in total. The van der Waals surface area contributed by atoms with E-state index in [0.717, 1.165) is 10.9 Å². The standard InChI is InChI=1S/C27H30ClFN4O5/c1-31(2)24(34)17-22-25-21-9-4-18(28)16-23(21)32(3)26(25)27(35)33(30-22)19-5-7-20(8-6-19)38-15-14-37-13-12-36-11-10-29/h4-9,16H,10-15,17H2,1-3H3. The number of ether oxygens (including phenoxy) is 3. The molecular formula is C27H30ClFN4O5. The van der Waals surface area contributed by atoms with E-state index in [1.54, 1.807) is 62.1 Å². The first-order chi connectivity index (χ1) is 18.3. The van der Waals surface area contributed by atoms with Gasteiger partial charge >= 0.3 is 0 Å². The Hall–Kier alpha value is -3.47. The van der Waals surface area contributed by atoms with E-state index >= 15 is 0 Å². The molecule has 0 unspecified atom stereocenters. The van der Waals surface area contributed by atoms with Gasteiger partial charge in [-0.05, 0) is 36.4 Å². The van der Waals surface area contributed by atoms with Crippen LogP contribution in [0.5, 0.6) is 5.75 Å². The van der Waals surface area contributed by atoms with E-state index in [1.165, 1.54) is 9.58 Å². The molecule has 11 heteroatoms. The predicted octanol–water partition coefficient (Wildman–Crippen LogP) is 3.54. The summed E-state index contributed by atoms with van der Waals surface area (Å²) in [7, 11) is 5.17. The van der Waals surface area contributed by atoms with Crippen LogP contribution < -0.4 is 10.3 Å². The molecule has 2 aromatic carbocycles. The first-order valence-corrected chi connectivity index (χ1v) is 12.5. The highest BCUT2D eigenvalue weighted by Gasteiger charge is 2.22. The maximum atomic E-state index is 13.7. The van der Waals surface area contributed by atoms with Crippen molar-refractivity contribution >= 4 is 39.3 Å². The summed E-state index contributed by atoms with van der Waals surface area (Å²) in [5, 5.41) is 6.64. The zero-order valence-corrected chi connectivity index (χ0v) is 22.3. The molecule has 0 aliphatic rings. The van der Waals surface area contributed by atoms with E-state index < -0.39 is 6.67 Å². The van der Waals surface area contributed by atoms with Gasteiger partial charge in [0.1, 0.15) is 24.5 Å². The first-order valence-electron chi connectivity index (χ1n) is 12.2. The normalized spacial score (nSPS) is 11.4. The van der Waals surface area contributed by atoms with Gasteiger partial charge in [0.25, 0.3) is 5.56 Å². The number of hydrogen-bond donors (Lipinski definition) is 0. The number of amides is 1. The molecule has 0 radical (unpaired) electrons. The highest BCUT2D eigenvalue weighted by Crippen LogP contribution is 2.31. The van der Waals surface area contributed by atoms with E-state index in [1.807, 2.05) is 6.07 Å². The lowest BCUT2D eigenvalue weighted by Crippen LogP contribution is -2.28. The monoisotopic (exact) mass is 544 g/mol. The molecule has 0 saturated carbocycles. The van der Waals surface area contributed by atoms with Crippen molar-refractivity contribution in [2.24, 2.45) is 7.05 Å². The van der Waals surface area contributed by atoms with E-state index in [0.29, 0.717) is 59.5 Å². The number of likely N-dealkylation sites (N-methyl/N-ethyl adjacent to an activating group) is 1. The summed E-state index contributed by atoms with van der Waals surface area (Å²) in [4.78, 5) is 27.8. The van der Waals surface area contributed by atoms with Gasteiger partial charge in [-0.25, -0.2) is 4.39 Å². The molecule has 0 aliphatic carbocycles. The number of alkyl halides is 1. The number of fused-ring (bicyclic) bond motifs is 3. The Bertz CT molecular complexity index is 1480. The van der Waals surface area contributed by atoms with Crippen molar-refractivity contribution < 1.29 is 23.4 Å². The molecule has 4 aromatic rings. The van der Waals surface area contributed by atoms with Crippen molar-refractivity contribution in [2.45, 2.75) is 6.42 Å². The number of halogens is 2. The molecule has 0 aliphatic heterocycles. The SMILES string of the molecule is CN(C)C(=O)Cc1nn(-c2ccc(OCCOCCOCCF)cc2)c(=O)c2c1c1ccc(Cl)cc1n2C. The zero-order valence-electron chi connectivity index (χ0n) is 21.6. The van der Waals surface area contributed by atoms with Crippen molar-refractivity contribution in [3.63, 3.8) is 0 Å². The predicted molar refractivity (Wildman–Crippen MR) is 144 cm³/mol. The van der Waals surface area contributed by atoms with Gasteiger partial charge in [0.15, 0.2) is 0 Å². The van der Waals surface area contributed by atoms with Gasteiger partial charge in [-0.1, -0.05) is 17.7 Å². The second-order valence-corrected chi connectivity index (χ2v) is 9.27. The quantitative estimate of drug-likeness (QED) is 0.254. The molecule has 9 nitrogen and oxygen atoms in total. The zero-order chi connectivity index (χ0) is 27.2. The third-order valence-corrected chi connectivity index (χ3v) is 6.29. The highest BCUT2D eigenvalue weighted by molar-refractivity contribution is 6.31. The Kier molecular flexibility index (Phi) is 8.98. The number of benzene rings is 2. The van der Waals surface area contributed by atoms with Crippen molar-refractivity contribution in [2.75, 3.05) is 53.8 Å². The molecule has 0 saturated heterocycles. The fourth-order valence-corrected chi connectivity index (χ4v) is 4.31. The second-order valence-electron chi connectivity index (χ2n) is 8.83. The average molecular weight is 545 g/mol. The Morgan fingerprint density at radius 1 is 1.03 bits per heavy atom. The number of hydrogen-bond acceptors (Lipinski definition) is 6. The Labute approximate surface area is 224 Å². The molecule has 202 valence electrons. The molecule has 1 amide bonds. The minimum absolute atomic E-state index is 0.0333. The number of aromatic nitrogens is 3. The van der Waals surface area contributed by atoms with Crippen LogP contribution in [0.1, 0.15) is 5.69 Å². The van der Waals surface area contributed by atoms with Crippen LogP contribution >= 0.6 is 11.6 Å². The molecule has 38 heavy (non-hydrogen) atoms. The molecular weight excluding hydrogens is 515 g/mol. The van der Waals surface area contributed by atoms with Crippen molar-refractivity contribution in [1.82, 2.24) is 19.2 Å². The van der Waals surface area contributed by atoms with Crippen molar-refractivity contribution in [1.29, 1.82) is 0 Å². The minimum Gasteiger partial charge on any atom is -0.491 e. The van der Waals surface area contributed by atoms with Crippen molar-refractivity contribution in [3.05, 3.63) is 63.5 Å². The number of aryl methyl sites for hydroxylation is 1. The molecule has 0 bridgehead atoms. The smallest absolute Gasteiger partial charge is 0.296 e. The Balaban J connectivity index is 1.62. The molecule has 0 fully saturated rings.